The van der Waals surface area contributed by atoms with E-state index in [1.807, 2.05) is 13.0 Å². The van der Waals surface area contributed by atoms with Gasteiger partial charge in [-0.3, -0.25) is 4.79 Å². The third kappa shape index (κ3) is 3.53. The van der Waals surface area contributed by atoms with E-state index < -0.39 is 0 Å². The minimum Gasteiger partial charge on any atom is -0.295 e. The molecule has 0 N–H and O–H groups in total. The molecule has 0 aromatic heterocycles. The summed E-state index contributed by atoms with van der Waals surface area (Å²) in [6.07, 6.45) is 10.6. The van der Waals surface area contributed by atoms with Gasteiger partial charge in [-0.25, -0.2) is 9.78 Å². The van der Waals surface area contributed by atoms with E-state index in [0.717, 1.165) is 18.4 Å². The first kappa shape index (κ1) is 16.2. The molecule has 2 atom stereocenters. The second-order valence-electron chi connectivity index (χ2n) is 7.03. The topological polar surface area (TPSA) is 35.5 Å². The number of carbonyl (C=O) groups is 1. The average molecular weight is 290 g/mol. The molecule has 0 bridgehead atoms. The van der Waals surface area contributed by atoms with Crippen molar-refractivity contribution in [3.63, 3.8) is 0 Å². The molecule has 116 valence electrons. The summed E-state index contributed by atoms with van der Waals surface area (Å²) in [6, 6.07) is 0. The van der Waals surface area contributed by atoms with E-state index in [2.05, 4.69) is 26.8 Å². The van der Waals surface area contributed by atoms with Crippen LogP contribution in [0.2, 0.25) is 0 Å². The van der Waals surface area contributed by atoms with Crippen molar-refractivity contribution < 1.29 is 14.6 Å². The van der Waals surface area contributed by atoms with Gasteiger partial charge < -0.3 is 0 Å². The van der Waals surface area contributed by atoms with Crippen LogP contribution in [0.4, 0.5) is 0 Å². The summed E-state index contributed by atoms with van der Waals surface area (Å²) in [4.78, 5) is 22.3. The Bertz CT molecular complexity index is 511. The molecule has 1 aliphatic carbocycles. The van der Waals surface area contributed by atoms with Gasteiger partial charge in [-0.15, -0.1) is 0 Å². The molecule has 1 fully saturated rings. The lowest BCUT2D eigenvalue weighted by atomic mass is 9.65. The third-order valence-electron chi connectivity index (χ3n) is 4.55. The van der Waals surface area contributed by atoms with Crippen molar-refractivity contribution in [2.75, 3.05) is 0 Å². The van der Waals surface area contributed by atoms with Crippen molar-refractivity contribution in [1.82, 2.24) is 0 Å². The van der Waals surface area contributed by atoms with Gasteiger partial charge in [0.2, 0.25) is 0 Å². The fourth-order valence-corrected chi connectivity index (χ4v) is 3.32. The van der Waals surface area contributed by atoms with Crippen molar-refractivity contribution in [2.24, 2.45) is 5.41 Å². The monoisotopic (exact) mass is 290 g/mol. The number of fused-ring (bicyclic) bond motifs is 1. The zero-order valence-electron chi connectivity index (χ0n) is 13.7. The molecule has 1 heterocycles. The zero-order valence-corrected chi connectivity index (χ0v) is 13.7. The maximum atomic E-state index is 10.9. The molecule has 0 aromatic rings. The highest BCUT2D eigenvalue weighted by molar-refractivity contribution is 5.87. The van der Waals surface area contributed by atoms with Gasteiger partial charge in [-0.1, -0.05) is 26.0 Å². The lowest BCUT2D eigenvalue weighted by Gasteiger charge is -2.47. The minimum absolute atomic E-state index is 0.0409. The second-order valence-corrected chi connectivity index (χ2v) is 7.03. The smallest absolute Gasteiger partial charge is 0.152 e. The van der Waals surface area contributed by atoms with E-state index in [-0.39, 0.29) is 22.9 Å². The van der Waals surface area contributed by atoms with Gasteiger partial charge in [0, 0.05) is 0 Å². The molecule has 0 spiro atoms. The Kier molecular flexibility index (Phi) is 4.54. The molecule has 3 nitrogen and oxygen atoms in total. The fourth-order valence-electron chi connectivity index (χ4n) is 3.32. The first-order valence-electron chi connectivity index (χ1n) is 7.67. The molecule has 0 aromatic carbocycles. The minimum atomic E-state index is -0.298. The SMILES string of the molecule is CC(=O)/C=C/C=C(\C)C1C=C2C(C)(C)CCCC2(C)OO1. The molecular formula is C18H26O3. The summed E-state index contributed by atoms with van der Waals surface area (Å²) in [7, 11) is 0. The fraction of sp³-hybridized carbons (Fsp3) is 0.611. The highest BCUT2D eigenvalue weighted by atomic mass is 17.2. The standard InChI is InChI=1S/C18H26O3/c1-13(8-6-9-14(2)19)15-12-16-17(3,4)10-7-11-18(16,5)21-20-15/h6,8-9,12,15H,7,10-11H2,1-5H3/b9-6+,13-8+. The molecular weight excluding hydrogens is 264 g/mol. The summed E-state index contributed by atoms with van der Waals surface area (Å²) < 4.78 is 0. The Morgan fingerprint density at radius 2 is 2.00 bits per heavy atom. The lowest BCUT2D eigenvalue weighted by Crippen LogP contribution is -2.46. The molecule has 3 heteroatoms. The van der Waals surface area contributed by atoms with Crippen LogP contribution in [0, 0.1) is 5.41 Å². The Hall–Kier alpha value is -1.19. The van der Waals surface area contributed by atoms with E-state index in [1.165, 1.54) is 18.9 Å². The van der Waals surface area contributed by atoms with E-state index in [9.17, 15) is 4.79 Å². The van der Waals surface area contributed by atoms with Gasteiger partial charge in [-0.2, -0.15) is 0 Å². The summed E-state index contributed by atoms with van der Waals surface area (Å²) in [6.45, 7) is 10.2. The van der Waals surface area contributed by atoms with Crippen molar-refractivity contribution >= 4 is 5.78 Å². The van der Waals surface area contributed by atoms with Gasteiger partial charge in [0.1, 0.15) is 11.7 Å². The summed E-state index contributed by atoms with van der Waals surface area (Å²) in [5, 5.41) is 0. The summed E-state index contributed by atoms with van der Waals surface area (Å²) in [5.74, 6) is 0.0409. The van der Waals surface area contributed by atoms with Crippen LogP contribution >= 0.6 is 0 Å². The van der Waals surface area contributed by atoms with Crippen LogP contribution in [-0.4, -0.2) is 17.5 Å². The van der Waals surface area contributed by atoms with Crippen molar-refractivity contribution in [1.29, 1.82) is 0 Å². The normalized spacial score (nSPS) is 32.7. The van der Waals surface area contributed by atoms with Crippen LogP contribution in [0.3, 0.4) is 0 Å². The molecule has 21 heavy (non-hydrogen) atoms. The number of allylic oxidation sites excluding steroid dienone is 3. The Morgan fingerprint density at radius 3 is 2.67 bits per heavy atom. The molecule has 1 saturated carbocycles. The van der Waals surface area contributed by atoms with Gasteiger partial charge in [0.05, 0.1) is 0 Å². The molecule has 0 amide bonds. The van der Waals surface area contributed by atoms with E-state index in [1.54, 1.807) is 12.2 Å². The third-order valence-corrected chi connectivity index (χ3v) is 4.55. The van der Waals surface area contributed by atoms with Crippen LogP contribution in [0.1, 0.15) is 53.9 Å². The van der Waals surface area contributed by atoms with E-state index in [0.29, 0.717) is 0 Å². The number of carbonyl (C=O) groups excluding carboxylic acids is 1. The highest BCUT2D eigenvalue weighted by Gasteiger charge is 2.46. The first-order valence-corrected chi connectivity index (χ1v) is 7.67. The van der Waals surface area contributed by atoms with Gasteiger partial charge in [0.15, 0.2) is 5.78 Å². The summed E-state index contributed by atoms with van der Waals surface area (Å²) >= 11 is 0. The van der Waals surface area contributed by atoms with E-state index in [4.69, 9.17) is 9.78 Å². The van der Waals surface area contributed by atoms with Gasteiger partial charge in [0.25, 0.3) is 0 Å². The summed E-state index contributed by atoms with van der Waals surface area (Å²) in [5.41, 5.74) is 2.21. The number of hydrogen-bond acceptors (Lipinski definition) is 3. The zero-order chi connectivity index (χ0) is 15.7. The van der Waals surface area contributed by atoms with Crippen LogP contribution in [0.15, 0.2) is 35.5 Å². The van der Waals surface area contributed by atoms with Crippen molar-refractivity contribution in [3.05, 3.63) is 35.5 Å². The Morgan fingerprint density at radius 1 is 1.29 bits per heavy atom. The average Bonchev–Trinajstić information content (AvgIpc) is 2.37. The van der Waals surface area contributed by atoms with Gasteiger partial charge in [-0.05, 0) is 68.7 Å². The Balaban J connectivity index is 2.25. The molecule has 0 saturated heterocycles. The van der Waals surface area contributed by atoms with Gasteiger partial charge >= 0.3 is 0 Å². The van der Waals surface area contributed by atoms with Crippen LogP contribution in [-0.2, 0) is 14.6 Å². The molecule has 2 rings (SSSR count). The number of rotatable bonds is 3. The molecule has 2 unspecified atom stereocenters. The first-order chi connectivity index (χ1) is 9.74. The number of hydrogen-bond donors (Lipinski definition) is 0. The lowest BCUT2D eigenvalue weighted by molar-refractivity contribution is -0.372. The molecule has 1 aliphatic heterocycles. The van der Waals surface area contributed by atoms with Crippen LogP contribution < -0.4 is 0 Å². The maximum absolute atomic E-state index is 10.9. The van der Waals surface area contributed by atoms with Crippen molar-refractivity contribution in [2.45, 2.75) is 65.6 Å². The largest absolute Gasteiger partial charge is 0.295 e. The molecule has 2 aliphatic rings. The maximum Gasteiger partial charge on any atom is 0.152 e. The predicted octanol–water partition coefficient (Wildman–Crippen LogP) is 4.30. The van der Waals surface area contributed by atoms with E-state index >= 15 is 0 Å². The number of ketones is 1. The highest BCUT2D eigenvalue weighted by Crippen LogP contribution is 2.49. The quantitative estimate of drug-likeness (QED) is 0.336. The van der Waals surface area contributed by atoms with Crippen LogP contribution in [0.25, 0.3) is 0 Å². The Labute approximate surface area is 127 Å². The van der Waals surface area contributed by atoms with Crippen molar-refractivity contribution in [3.8, 4) is 0 Å². The second kappa shape index (κ2) is 5.90. The van der Waals surface area contributed by atoms with Crippen LogP contribution in [0.5, 0.6) is 0 Å². The predicted molar refractivity (Wildman–Crippen MR) is 83.7 cm³/mol. The molecule has 0 radical (unpaired) electrons.